The number of rotatable bonds is 7. The number of amidine groups is 1. The zero-order chi connectivity index (χ0) is 17.5. The predicted molar refractivity (Wildman–Crippen MR) is 102 cm³/mol. The van der Waals surface area contributed by atoms with Crippen LogP contribution in [0.15, 0.2) is 46.8 Å². The molecule has 3 rings (SSSR count). The van der Waals surface area contributed by atoms with E-state index < -0.39 is 0 Å². The fourth-order valence-electron chi connectivity index (χ4n) is 2.82. The van der Waals surface area contributed by atoms with Crippen molar-refractivity contribution in [3.63, 3.8) is 0 Å². The van der Waals surface area contributed by atoms with Gasteiger partial charge in [-0.15, -0.1) is 11.3 Å². The number of aliphatic imine (C=N–C) groups is 1. The minimum atomic E-state index is 0.233. The van der Waals surface area contributed by atoms with Gasteiger partial charge in [-0.25, -0.2) is 4.99 Å². The average molecular weight is 357 g/mol. The summed E-state index contributed by atoms with van der Waals surface area (Å²) >= 11 is 1.51. The topological polar surface area (TPSA) is 67.9 Å². The van der Waals surface area contributed by atoms with Gasteiger partial charge < -0.3 is 15.4 Å². The van der Waals surface area contributed by atoms with Crippen molar-refractivity contribution in [3.05, 3.63) is 46.7 Å². The van der Waals surface area contributed by atoms with E-state index in [0.29, 0.717) is 25.3 Å². The molecule has 1 fully saturated rings. The number of amides is 1. The van der Waals surface area contributed by atoms with Crippen LogP contribution in [0.4, 0.5) is 5.69 Å². The van der Waals surface area contributed by atoms with Gasteiger partial charge in [-0.3, -0.25) is 4.79 Å². The fraction of sp³-hybridized carbons (Fsp3) is 0.368. The molecule has 1 aliphatic rings. The number of para-hydroxylation sites is 1. The minimum absolute atomic E-state index is 0.233. The summed E-state index contributed by atoms with van der Waals surface area (Å²) in [5.41, 5.74) is 6.94. The van der Waals surface area contributed by atoms with Crippen molar-refractivity contribution in [1.29, 1.82) is 0 Å². The molecule has 0 atom stereocenters. The van der Waals surface area contributed by atoms with Gasteiger partial charge in [0.2, 0.25) is 5.91 Å². The normalized spacial score (nSPS) is 14.7. The molecule has 6 heteroatoms. The van der Waals surface area contributed by atoms with Crippen molar-refractivity contribution >= 4 is 28.8 Å². The van der Waals surface area contributed by atoms with Crippen LogP contribution in [0.25, 0.3) is 0 Å². The Balaban J connectivity index is 1.51. The molecule has 0 saturated carbocycles. The van der Waals surface area contributed by atoms with E-state index in [1.54, 1.807) is 0 Å². The lowest BCUT2D eigenvalue weighted by molar-refractivity contribution is -0.130. The molecule has 1 aromatic heterocycles. The second-order valence-electron chi connectivity index (χ2n) is 5.99. The van der Waals surface area contributed by atoms with Gasteiger partial charge in [0.1, 0.15) is 16.5 Å². The lowest BCUT2D eigenvalue weighted by Gasteiger charge is -2.15. The summed E-state index contributed by atoms with van der Waals surface area (Å²) in [5, 5.41) is 1.94. The van der Waals surface area contributed by atoms with Gasteiger partial charge in [-0.2, -0.15) is 0 Å². The Kier molecular flexibility index (Phi) is 6.06. The van der Waals surface area contributed by atoms with E-state index in [1.165, 1.54) is 11.3 Å². The van der Waals surface area contributed by atoms with Crippen LogP contribution in [0.5, 0.6) is 5.75 Å². The van der Waals surface area contributed by atoms with E-state index in [9.17, 15) is 4.79 Å². The molecule has 132 valence electrons. The Labute approximate surface area is 152 Å². The quantitative estimate of drug-likeness (QED) is 0.468. The van der Waals surface area contributed by atoms with Crippen molar-refractivity contribution in [3.8, 4) is 5.75 Å². The summed E-state index contributed by atoms with van der Waals surface area (Å²) in [4.78, 5) is 19.2. The van der Waals surface area contributed by atoms with E-state index in [4.69, 9.17) is 10.5 Å². The molecule has 25 heavy (non-hydrogen) atoms. The summed E-state index contributed by atoms with van der Waals surface area (Å²) in [6.45, 7) is 2.31. The van der Waals surface area contributed by atoms with Crippen molar-refractivity contribution in [2.45, 2.75) is 25.7 Å². The van der Waals surface area contributed by atoms with Gasteiger partial charge in [0, 0.05) is 19.5 Å². The fourth-order valence-corrected chi connectivity index (χ4v) is 3.56. The molecule has 5 nitrogen and oxygen atoms in total. The number of ether oxygens (including phenoxy) is 1. The summed E-state index contributed by atoms with van der Waals surface area (Å²) in [6.07, 6.45) is 3.49. The Morgan fingerprint density at radius 2 is 1.96 bits per heavy atom. The van der Waals surface area contributed by atoms with Crippen molar-refractivity contribution in [2.24, 2.45) is 10.7 Å². The highest BCUT2D eigenvalue weighted by atomic mass is 32.1. The lowest BCUT2D eigenvalue weighted by atomic mass is 10.3. The number of nitrogens with zero attached hydrogens (tertiary/aromatic N) is 2. The standard InChI is InChI=1S/C19H23N3O2S/c20-19(21-15-7-2-1-3-8-15)18-16(10-14-25-18)24-13-6-9-17(23)22-11-4-5-12-22/h1-3,7-8,10,14H,4-6,9,11-13H2,(H2,20,21). The van der Waals surface area contributed by atoms with Crippen molar-refractivity contribution < 1.29 is 9.53 Å². The molecule has 1 saturated heterocycles. The zero-order valence-electron chi connectivity index (χ0n) is 14.2. The molecule has 2 N–H and O–H groups in total. The highest BCUT2D eigenvalue weighted by molar-refractivity contribution is 7.12. The number of carbonyl (C=O) groups is 1. The highest BCUT2D eigenvalue weighted by Gasteiger charge is 2.17. The Morgan fingerprint density at radius 3 is 2.72 bits per heavy atom. The van der Waals surface area contributed by atoms with E-state index in [1.807, 2.05) is 46.7 Å². The molecule has 0 unspecified atom stereocenters. The molecule has 1 aromatic carbocycles. The third kappa shape index (κ3) is 4.82. The monoisotopic (exact) mass is 357 g/mol. The molecular formula is C19H23N3O2S. The highest BCUT2D eigenvalue weighted by Crippen LogP contribution is 2.26. The van der Waals surface area contributed by atoms with Crippen molar-refractivity contribution in [1.82, 2.24) is 4.90 Å². The number of thiophene rings is 1. The molecule has 0 bridgehead atoms. The van der Waals surface area contributed by atoms with Gasteiger partial charge in [-0.1, -0.05) is 18.2 Å². The maximum atomic E-state index is 12.0. The Bertz CT molecular complexity index is 721. The van der Waals surface area contributed by atoms with E-state index >= 15 is 0 Å². The second kappa shape index (κ2) is 8.67. The van der Waals surface area contributed by atoms with Gasteiger partial charge in [0.25, 0.3) is 0 Å². The molecule has 1 aliphatic heterocycles. The van der Waals surface area contributed by atoms with Crippen LogP contribution in [0.1, 0.15) is 30.6 Å². The Morgan fingerprint density at radius 1 is 1.20 bits per heavy atom. The smallest absolute Gasteiger partial charge is 0.222 e. The summed E-state index contributed by atoms with van der Waals surface area (Å²) in [7, 11) is 0. The van der Waals surface area contributed by atoms with E-state index in [0.717, 1.165) is 42.2 Å². The zero-order valence-corrected chi connectivity index (χ0v) is 15.0. The predicted octanol–water partition coefficient (Wildman–Crippen LogP) is 3.57. The average Bonchev–Trinajstić information content (AvgIpc) is 3.31. The van der Waals surface area contributed by atoms with Gasteiger partial charge >= 0.3 is 0 Å². The number of nitrogens with two attached hydrogens (primary N) is 1. The third-order valence-electron chi connectivity index (χ3n) is 4.12. The molecule has 1 amide bonds. The minimum Gasteiger partial charge on any atom is -0.492 e. The van der Waals surface area contributed by atoms with Gasteiger partial charge in [0.05, 0.1) is 12.3 Å². The number of carbonyl (C=O) groups excluding carboxylic acids is 1. The number of hydrogen-bond acceptors (Lipinski definition) is 4. The van der Waals surface area contributed by atoms with Crippen LogP contribution in [0.2, 0.25) is 0 Å². The first-order chi connectivity index (χ1) is 12.2. The summed E-state index contributed by atoms with van der Waals surface area (Å²) < 4.78 is 5.83. The number of likely N-dealkylation sites (tertiary alicyclic amines) is 1. The maximum Gasteiger partial charge on any atom is 0.222 e. The van der Waals surface area contributed by atoms with Crippen LogP contribution in [-0.4, -0.2) is 36.3 Å². The first-order valence-electron chi connectivity index (χ1n) is 8.61. The van der Waals surface area contributed by atoms with Crippen LogP contribution >= 0.6 is 11.3 Å². The first kappa shape index (κ1) is 17.5. The molecule has 0 radical (unpaired) electrons. The Hall–Kier alpha value is -2.34. The van der Waals surface area contributed by atoms with Crippen LogP contribution < -0.4 is 10.5 Å². The molecular weight excluding hydrogens is 334 g/mol. The van der Waals surface area contributed by atoms with E-state index in [2.05, 4.69) is 4.99 Å². The molecule has 0 aliphatic carbocycles. The third-order valence-corrected chi connectivity index (χ3v) is 5.04. The SMILES string of the molecule is NC(=Nc1ccccc1)c1sccc1OCCCC(=O)N1CCCC1. The summed E-state index contributed by atoms with van der Waals surface area (Å²) in [6, 6.07) is 11.5. The molecule has 2 aromatic rings. The number of hydrogen-bond donors (Lipinski definition) is 1. The van der Waals surface area contributed by atoms with Crippen LogP contribution in [0, 0.1) is 0 Å². The van der Waals surface area contributed by atoms with Gasteiger partial charge in [0.15, 0.2) is 0 Å². The van der Waals surface area contributed by atoms with Crippen molar-refractivity contribution in [2.75, 3.05) is 19.7 Å². The lowest BCUT2D eigenvalue weighted by Crippen LogP contribution is -2.27. The van der Waals surface area contributed by atoms with Gasteiger partial charge in [-0.05, 0) is 42.8 Å². The second-order valence-corrected chi connectivity index (χ2v) is 6.90. The van der Waals surface area contributed by atoms with Crippen LogP contribution in [-0.2, 0) is 4.79 Å². The molecule has 0 spiro atoms. The van der Waals surface area contributed by atoms with Crippen LogP contribution in [0.3, 0.4) is 0 Å². The summed E-state index contributed by atoms with van der Waals surface area (Å²) in [5.74, 6) is 1.41. The molecule has 2 heterocycles. The largest absolute Gasteiger partial charge is 0.492 e. The number of benzene rings is 1. The maximum absolute atomic E-state index is 12.0. The van der Waals surface area contributed by atoms with E-state index in [-0.39, 0.29) is 5.91 Å². The first-order valence-corrected chi connectivity index (χ1v) is 9.49.